The Balaban J connectivity index is 0.00000341. The molecule has 168 valence electrons. The number of hydrogen-bond donors (Lipinski definition) is 2. The quantitative estimate of drug-likeness (QED) is 0.535. The molecule has 0 atom stereocenters. The molecule has 3 N–H and O–H groups in total. The van der Waals surface area contributed by atoms with E-state index in [0.29, 0.717) is 36.4 Å². The number of nitrogens with one attached hydrogen (secondary N) is 1. The summed E-state index contributed by atoms with van der Waals surface area (Å²) in [4.78, 5) is 20.2. The summed E-state index contributed by atoms with van der Waals surface area (Å²) in [6.45, 7) is 1.34. The highest BCUT2D eigenvalue weighted by Crippen LogP contribution is 2.21. The molecule has 0 fully saturated rings. The van der Waals surface area contributed by atoms with E-state index in [-0.39, 0.29) is 30.6 Å². The van der Waals surface area contributed by atoms with E-state index in [1.807, 2.05) is 0 Å². The van der Waals surface area contributed by atoms with Crippen LogP contribution in [0.1, 0.15) is 16.8 Å². The van der Waals surface area contributed by atoms with Crippen molar-refractivity contribution in [2.24, 2.45) is 5.73 Å². The minimum atomic E-state index is -4.42. The van der Waals surface area contributed by atoms with Gasteiger partial charge in [-0.05, 0) is 24.6 Å². The highest BCUT2D eigenvalue weighted by molar-refractivity contribution is 5.86. The highest BCUT2D eigenvalue weighted by atomic mass is 35.5. The molecule has 31 heavy (non-hydrogen) atoms. The lowest BCUT2D eigenvalue weighted by molar-refractivity contribution is -0.154. The fraction of sp³-hybridized carbons (Fsp3) is 0.368. The van der Waals surface area contributed by atoms with E-state index >= 15 is 0 Å². The van der Waals surface area contributed by atoms with Crippen LogP contribution in [0.25, 0.3) is 10.9 Å². The van der Waals surface area contributed by atoms with Crippen molar-refractivity contribution in [2.45, 2.75) is 26.1 Å². The van der Waals surface area contributed by atoms with Crippen LogP contribution in [0, 0.1) is 6.92 Å². The maximum absolute atomic E-state index is 12.3. The molecule has 0 radical (unpaired) electrons. The summed E-state index contributed by atoms with van der Waals surface area (Å²) in [5.74, 6) is -0.237. The zero-order valence-corrected chi connectivity index (χ0v) is 17.5. The first-order valence-electron chi connectivity index (χ1n) is 9.18. The van der Waals surface area contributed by atoms with Crippen molar-refractivity contribution in [1.29, 1.82) is 0 Å². The van der Waals surface area contributed by atoms with E-state index in [2.05, 4.69) is 20.4 Å². The largest absolute Gasteiger partial charge is 0.468 e. The third kappa shape index (κ3) is 6.79. The van der Waals surface area contributed by atoms with E-state index in [9.17, 15) is 18.0 Å². The van der Waals surface area contributed by atoms with E-state index in [0.717, 1.165) is 10.9 Å². The standard InChI is InChI=1S/C19H21F3N6O2.ClH/c1-12-6-13(8-26-18(12)30-11-19(20,21)22)9-28-10-14-15(27-28)2-4-24-16(14)7-17(29)25-5-3-23;/h2,4,6,8,10H,3,5,7,9,11,23H2,1H3,(H,25,29);1H. The van der Waals surface area contributed by atoms with Gasteiger partial charge in [0.05, 0.1) is 24.2 Å². The van der Waals surface area contributed by atoms with Crippen molar-refractivity contribution in [2.75, 3.05) is 19.7 Å². The van der Waals surface area contributed by atoms with Gasteiger partial charge in [0.15, 0.2) is 6.61 Å². The molecular weight excluding hydrogens is 437 g/mol. The Bertz CT molecular complexity index is 1040. The number of ether oxygens (including phenoxy) is 1. The van der Waals surface area contributed by atoms with Crippen LogP contribution in [-0.4, -0.2) is 51.5 Å². The molecule has 3 rings (SSSR count). The van der Waals surface area contributed by atoms with Gasteiger partial charge in [0.2, 0.25) is 11.8 Å². The molecule has 0 aliphatic rings. The van der Waals surface area contributed by atoms with E-state index < -0.39 is 12.8 Å². The molecule has 0 aliphatic heterocycles. The Hall–Kier alpha value is -2.92. The van der Waals surface area contributed by atoms with Crippen molar-refractivity contribution in [3.8, 4) is 5.88 Å². The average Bonchev–Trinajstić information content (AvgIpc) is 3.08. The second-order valence-corrected chi connectivity index (χ2v) is 6.70. The first-order chi connectivity index (χ1) is 14.2. The van der Waals surface area contributed by atoms with Gasteiger partial charge < -0.3 is 15.8 Å². The Labute approximate surface area is 182 Å². The number of amides is 1. The number of aryl methyl sites for hydroxylation is 1. The van der Waals surface area contributed by atoms with Crippen LogP contribution in [-0.2, 0) is 17.8 Å². The summed E-state index contributed by atoms with van der Waals surface area (Å²) in [6.07, 6.45) is 0.495. The maximum atomic E-state index is 12.3. The van der Waals surface area contributed by atoms with Gasteiger partial charge >= 0.3 is 6.18 Å². The van der Waals surface area contributed by atoms with Gasteiger partial charge in [0.1, 0.15) is 0 Å². The Morgan fingerprint density at radius 3 is 2.77 bits per heavy atom. The third-order valence-corrected chi connectivity index (χ3v) is 4.16. The minimum absolute atomic E-state index is 0. The third-order valence-electron chi connectivity index (χ3n) is 4.16. The first-order valence-corrected chi connectivity index (χ1v) is 9.18. The lowest BCUT2D eigenvalue weighted by atomic mass is 10.2. The molecule has 0 bridgehead atoms. The number of carbonyl (C=O) groups is 1. The van der Waals surface area contributed by atoms with Crippen molar-refractivity contribution in [3.05, 3.63) is 47.5 Å². The Kier molecular flexibility index (Phi) is 8.17. The predicted molar refractivity (Wildman–Crippen MR) is 110 cm³/mol. The van der Waals surface area contributed by atoms with Gasteiger partial charge in [-0.1, -0.05) is 0 Å². The predicted octanol–water partition coefficient (Wildman–Crippen LogP) is 2.16. The fourth-order valence-corrected chi connectivity index (χ4v) is 2.89. The maximum Gasteiger partial charge on any atom is 0.422 e. The zero-order chi connectivity index (χ0) is 21.7. The van der Waals surface area contributed by atoms with Gasteiger partial charge in [-0.25, -0.2) is 4.98 Å². The van der Waals surface area contributed by atoms with E-state index in [4.69, 9.17) is 10.5 Å². The number of alkyl halides is 3. The van der Waals surface area contributed by atoms with E-state index in [1.165, 1.54) is 6.20 Å². The topological polar surface area (TPSA) is 108 Å². The number of carbonyl (C=O) groups excluding carboxylic acids is 1. The summed E-state index contributed by atoms with van der Waals surface area (Å²) in [7, 11) is 0. The average molecular weight is 459 g/mol. The zero-order valence-electron chi connectivity index (χ0n) is 16.6. The number of hydrogen-bond acceptors (Lipinski definition) is 6. The molecule has 0 unspecified atom stereocenters. The number of rotatable bonds is 8. The van der Waals surface area contributed by atoms with Crippen LogP contribution in [0.5, 0.6) is 5.88 Å². The molecule has 0 saturated carbocycles. The smallest absolute Gasteiger partial charge is 0.422 e. The van der Waals surface area contributed by atoms with Crippen LogP contribution in [0.2, 0.25) is 0 Å². The second-order valence-electron chi connectivity index (χ2n) is 6.70. The highest BCUT2D eigenvalue weighted by Gasteiger charge is 2.29. The fourth-order valence-electron chi connectivity index (χ4n) is 2.89. The number of nitrogens with two attached hydrogens (primary N) is 1. The lowest BCUT2D eigenvalue weighted by Crippen LogP contribution is -2.30. The monoisotopic (exact) mass is 458 g/mol. The second kappa shape index (κ2) is 10.4. The van der Waals surface area contributed by atoms with Gasteiger partial charge in [-0.15, -0.1) is 12.4 Å². The minimum Gasteiger partial charge on any atom is -0.468 e. The Morgan fingerprint density at radius 2 is 2.10 bits per heavy atom. The first kappa shape index (κ1) is 24.4. The van der Waals surface area contributed by atoms with Crippen LogP contribution in [0.4, 0.5) is 13.2 Å². The van der Waals surface area contributed by atoms with E-state index in [1.54, 1.807) is 36.1 Å². The molecule has 12 heteroatoms. The Morgan fingerprint density at radius 1 is 1.32 bits per heavy atom. The van der Waals surface area contributed by atoms with Gasteiger partial charge in [-0.3, -0.25) is 14.5 Å². The normalized spacial score (nSPS) is 11.3. The lowest BCUT2D eigenvalue weighted by Gasteiger charge is -2.11. The summed E-state index contributed by atoms with van der Waals surface area (Å²) in [6, 6.07) is 3.44. The molecule has 0 spiro atoms. The van der Waals surface area contributed by atoms with Crippen LogP contribution in [0.15, 0.2) is 30.7 Å². The van der Waals surface area contributed by atoms with Gasteiger partial charge in [0.25, 0.3) is 0 Å². The number of aromatic nitrogens is 4. The molecule has 0 saturated heterocycles. The number of pyridine rings is 2. The number of fused-ring (bicyclic) bond motifs is 1. The van der Waals surface area contributed by atoms with Crippen molar-refractivity contribution in [3.63, 3.8) is 0 Å². The summed E-state index contributed by atoms with van der Waals surface area (Å²) < 4.78 is 43.3. The summed E-state index contributed by atoms with van der Waals surface area (Å²) in [5, 5.41) is 7.92. The van der Waals surface area contributed by atoms with Crippen molar-refractivity contribution >= 4 is 29.2 Å². The van der Waals surface area contributed by atoms with Crippen LogP contribution >= 0.6 is 12.4 Å². The van der Waals surface area contributed by atoms with Crippen LogP contribution in [0.3, 0.4) is 0 Å². The molecule has 0 aromatic carbocycles. The molecule has 3 aromatic rings. The molecule has 0 aliphatic carbocycles. The SMILES string of the molecule is Cc1cc(Cn2cc3c(CC(=O)NCCN)nccc3n2)cnc1OCC(F)(F)F.Cl. The summed E-state index contributed by atoms with van der Waals surface area (Å²) in [5.41, 5.74) is 7.90. The number of nitrogens with zero attached hydrogens (tertiary/aromatic N) is 4. The van der Waals surface area contributed by atoms with Crippen molar-refractivity contribution < 1.29 is 22.7 Å². The van der Waals surface area contributed by atoms with Gasteiger partial charge in [-0.2, -0.15) is 18.3 Å². The summed E-state index contributed by atoms with van der Waals surface area (Å²) >= 11 is 0. The molecule has 3 heterocycles. The molecule has 3 aromatic heterocycles. The van der Waals surface area contributed by atoms with Crippen molar-refractivity contribution in [1.82, 2.24) is 25.1 Å². The van der Waals surface area contributed by atoms with Gasteiger partial charge in [0, 0.05) is 42.6 Å². The molecule has 1 amide bonds. The van der Waals surface area contributed by atoms with Crippen LogP contribution < -0.4 is 15.8 Å². The molecule has 8 nitrogen and oxygen atoms in total. The molecular formula is C19H22ClF3N6O2. The number of halogens is 4.